The van der Waals surface area contributed by atoms with Crippen molar-refractivity contribution in [3.8, 4) is 17.2 Å². The lowest BCUT2D eigenvalue weighted by Gasteiger charge is -2.35. The highest BCUT2D eigenvalue weighted by molar-refractivity contribution is 5.97. The molecule has 14 heteroatoms. The fraction of sp³-hybridized carbons (Fsp3) is 0.448. The number of rotatable bonds is 12. The molecule has 2 N–H and O–H groups in total. The van der Waals surface area contributed by atoms with Gasteiger partial charge in [-0.05, 0) is 26.2 Å². The molecule has 0 spiro atoms. The van der Waals surface area contributed by atoms with Gasteiger partial charge >= 0.3 is 12.1 Å². The summed E-state index contributed by atoms with van der Waals surface area (Å²) in [5, 5.41) is 20.4. The first-order chi connectivity index (χ1) is 20.8. The van der Waals surface area contributed by atoms with Crippen molar-refractivity contribution in [1.29, 1.82) is 0 Å². The maximum absolute atomic E-state index is 13.6. The minimum atomic E-state index is -1.12. The standard InChI is InChI=1S/C29H36N8O6/c1-3-5-11-21-19-37(34-33-21)24-18-23(30-26(32-24)20-9-7-6-8-10-20)27(40)31-22(12-13-25(38)39)28(41)35-14-16-36(17-15-35)29(42)43-4-2/h6-10,18-19,22H,3-5,11-17H2,1-2H3,(H,31,40)(H,38,39). The Labute approximate surface area is 249 Å². The van der Waals surface area contributed by atoms with E-state index in [1.54, 1.807) is 13.1 Å². The van der Waals surface area contributed by atoms with Crippen molar-refractivity contribution >= 4 is 23.9 Å². The third-order valence-electron chi connectivity index (χ3n) is 6.91. The van der Waals surface area contributed by atoms with E-state index >= 15 is 0 Å². The Kier molecular flexibility index (Phi) is 10.7. The first-order valence-electron chi connectivity index (χ1n) is 14.4. The van der Waals surface area contributed by atoms with E-state index in [1.165, 1.54) is 20.5 Å². The molecule has 0 bridgehead atoms. The molecule has 14 nitrogen and oxygen atoms in total. The number of ether oxygens (including phenoxy) is 1. The number of amides is 3. The van der Waals surface area contributed by atoms with Crippen LogP contribution < -0.4 is 5.32 Å². The average Bonchev–Trinajstić information content (AvgIpc) is 3.51. The lowest BCUT2D eigenvalue weighted by molar-refractivity contribution is -0.138. The van der Waals surface area contributed by atoms with Crippen LogP contribution in [0.4, 0.5) is 4.79 Å². The number of carboxylic acid groups (broad SMARTS) is 1. The molecule has 1 aliphatic heterocycles. The van der Waals surface area contributed by atoms with E-state index in [0.717, 1.165) is 25.0 Å². The molecule has 1 aliphatic rings. The van der Waals surface area contributed by atoms with Crippen LogP contribution in [0, 0.1) is 0 Å². The predicted molar refractivity (Wildman–Crippen MR) is 154 cm³/mol. The summed E-state index contributed by atoms with van der Waals surface area (Å²) in [6.07, 6.45) is 3.56. The first kappa shape index (κ1) is 31.1. The van der Waals surface area contributed by atoms with Crippen molar-refractivity contribution in [3.63, 3.8) is 0 Å². The maximum Gasteiger partial charge on any atom is 0.409 e. The molecule has 4 rings (SSSR count). The lowest BCUT2D eigenvalue weighted by Crippen LogP contribution is -2.56. The molecule has 43 heavy (non-hydrogen) atoms. The largest absolute Gasteiger partial charge is 0.481 e. The Balaban J connectivity index is 1.58. The summed E-state index contributed by atoms with van der Waals surface area (Å²) in [6, 6.07) is 9.45. The number of hydrogen-bond donors (Lipinski definition) is 2. The van der Waals surface area contributed by atoms with Gasteiger partial charge in [-0.2, -0.15) is 0 Å². The van der Waals surface area contributed by atoms with Gasteiger partial charge in [0.25, 0.3) is 5.91 Å². The average molecular weight is 593 g/mol. The molecule has 1 aromatic carbocycles. The smallest absolute Gasteiger partial charge is 0.409 e. The van der Waals surface area contributed by atoms with Gasteiger partial charge in [0.15, 0.2) is 11.6 Å². The molecule has 1 fully saturated rings. The number of carbonyl (C=O) groups excluding carboxylic acids is 3. The number of piperazine rings is 1. The molecule has 0 saturated carbocycles. The summed E-state index contributed by atoms with van der Waals surface area (Å²) in [6.45, 7) is 5.02. The molecule has 3 heterocycles. The predicted octanol–water partition coefficient (Wildman–Crippen LogP) is 2.33. The van der Waals surface area contributed by atoms with Crippen LogP contribution in [0.1, 0.15) is 55.7 Å². The minimum absolute atomic E-state index is 0.0188. The second kappa shape index (κ2) is 14.8. The van der Waals surface area contributed by atoms with E-state index in [9.17, 15) is 24.3 Å². The van der Waals surface area contributed by atoms with Crippen molar-refractivity contribution in [1.82, 2.24) is 40.1 Å². The highest BCUT2D eigenvalue weighted by Crippen LogP contribution is 2.18. The Bertz CT molecular complexity index is 1420. The van der Waals surface area contributed by atoms with Crippen LogP contribution in [0.25, 0.3) is 17.2 Å². The van der Waals surface area contributed by atoms with E-state index in [0.29, 0.717) is 11.4 Å². The number of aromatic nitrogens is 5. The highest BCUT2D eigenvalue weighted by Gasteiger charge is 2.31. The Morgan fingerprint density at radius 2 is 1.74 bits per heavy atom. The maximum atomic E-state index is 13.6. The molecule has 1 unspecified atom stereocenters. The van der Waals surface area contributed by atoms with Gasteiger partial charge in [0.2, 0.25) is 5.91 Å². The molecule has 1 saturated heterocycles. The topological polar surface area (TPSA) is 173 Å². The number of nitrogens with one attached hydrogen (secondary N) is 1. The van der Waals surface area contributed by atoms with E-state index in [2.05, 4.69) is 32.5 Å². The fourth-order valence-electron chi connectivity index (χ4n) is 4.57. The second-order valence-corrected chi connectivity index (χ2v) is 10.0. The van der Waals surface area contributed by atoms with Crippen LogP contribution in [-0.2, 0) is 20.7 Å². The fourth-order valence-corrected chi connectivity index (χ4v) is 4.57. The number of carboxylic acids is 1. The summed E-state index contributed by atoms with van der Waals surface area (Å²) in [5.41, 5.74) is 1.44. The number of aryl methyl sites for hydroxylation is 1. The van der Waals surface area contributed by atoms with Crippen molar-refractivity contribution in [2.45, 2.75) is 52.0 Å². The van der Waals surface area contributed by atoms with Crippen molar-refractivity contribution in [2.75, 3.05) is 32.8 Å². The zero-order valence-corrected chi connectivity index (χ0v) is 24.3. The van der Waals surface area contributed by atoms with Gasteiger partial charge in [-0.3, -0.25) is 14.4 Å². The van der Waals surface area contributed by atoms with Gasteiger partial charge in [-0.1, -0.05) is 48.9 Å². The van der Waals surface area contributed by atoms with E-state index in [1.807, 2.05) is 30.3 Å². The zero-order valence-electron chi connectivity index (χ0n) is 24.3. The quantitative estimate of drug-likeness (QED) is 0.318. The number of hydrogen-bond acceptors (Lipinski definition) is 9. The van der Waals surface area contributed by atoms with Crippen LogP contribution >= 0.6 is 0 Å². The van der Waals surface area contributed by atoms with E-state index in [4.69, 9.17) is 4.74 Å². The van der Waals surface area contributed by atoms with Gasteiger partial charge < -0.3 is 25.0 Å². The molecular weight excluding hydrogens is 556 g/mol. The third kappa shape index (κ3) is 8.33. The van der Waals surface area contributed by atoms with Gasteiger partial charge in [0.1, 0.15) is 11.7 Å². The molecule has 0 radical (unpaired) electrons. The van der Waals surface area contributed by atoms with Gasteiger partial charge in [0.05, 0.1) is 18.5 Å². The van der Waals surface area contributed by atoms with Crippen molar-refractivity contribution < 1.29 is 29.0 Å². The molecule has 0 aliphatic carbocycles. The number of benzene rings is 1. The number of nitrogens with zero attached hydrogens (tertiary/aromatic N) is 7. The van der Waals surface area contributed by atoms with Gasteiger partial charge in [0, 0.05) is 44.2 Å². The molecule has 1 atom stereocenters. The van der Waals surface area contributed by atoms with Gasteiger partial charge in [-0.25, -0.2) is 19.4 Å². The summed E-state index contributed by atoms with van der Waals surface area (Å²) in [4.78, 5) is 62.6. The Morgan fingerprint density at radius 1 is 1.02 bits per heavy atom. The number of carbonyl (C=O) groups is 4. The molecule has 2 aromatic heterocycles. The lowest BCUT2D eigenvalue weighted by atomic mass is 10.1. The van der Waals surface area contributed by atoms with Crippen LogP contribution in [0.2, 0.25) is 0 Å². The van der Waals surface area contributed by atoms with Crippen LogP contribution in [0.5, 0.6) is 0 Å². The molecule has 3 amide bonds. The summed E-state index contributed by atoms with van der Waals surface area (Å²) in [5.74, 6) is -1.61. The zero-order chi connectivity index (χ0) is 30.8. The second-order valence-electron chi connectivity index (χ2n) is 10.0. The summed E-state index contributed by atoms with van der Waals surface area (Å²) >= 11 is 0. The monoisotopic (exact) mass is 592 g/mol. The van der Waals surface area contributed by atoms with Crippen molar-refractivity contribution in [3.05, 3.63) is 54.0 Å². The molecule has 228 valence electrons. The third-order valence-corrected chi connectivity index (χ3v) is 6.91. The Morgan fingerprint density at radius 3 is 2.42 bits per heavy atom. The van der Waals surface area contributed by atoms with Crippen molar-refractivity contribution in [2.24, 2.45) is 0 Å². The summed E-state index contributed by atoms with van der Waals surface area (Å²) in [7, 11) is 0. The Hall–Kier alpha value is -4.88. The first-order valence-corrected chi connectivity index (χ1v) is 14.4. The SMILES string of the molecule is CCCCc1cn(-c2cc(C(=O)NC(CCC(=O)O)C(=O)N3CCN(C(=O)OCC)CC3)nc(-c3ccccc3)n2)nn1. The van der Waals surface area contributed by atoms with E-state index in [-0.39, 0.29) is 57.1 Å². The number of unbranched alkanes of at least 4 members (excludes halogenated alkanes) is 1. The van der Waals surface area contributed by atoms with Gasteiger partial charge in [-0.15, -0.1) is 5.10 Å². The van der Waals surface area contributed by atoms with E-state index < -0.39 is 29.9 Å². The van der Waals surface area contributed by atoms with Crippen LogP contribution in [0.3, 0.4) is 0 Å². The van der Waals surface area contributed by atoms with Crippen LogP contribution in [0.15, 0.2) is 42.6 Å². The molecular formula is C29H36N8O6. The minimum Gasteiger partial charge on any atom is -0.481 e. The molecule has 3 aromatic rings. The van der Waals surface area contributed by atoms with Crippen LogP contribution in [-0.4, -0.2) is 103 Å². The highest BCUT2D eigenvalue weighted by atomic mass is 16.6. The summed E-state index contributed by atoms with van der Waals surface area (Å²) < 4.78 is 6.51. The number of aliphatic carboxylic acids is 1. The normalized spacial score (nSPS) is 13.8.